The molecular formula is C13H11ClN2O3. The average Bonchev–Trinajstić information content (AvgIpc) is 2.38. The predicted octanol–water partition coefficient (Wildman–Crippen LogP) is 2.43. The normalized spacial score (nSPS) is 10.2. The van der Waals surface area contributed by atoms with Crippen molar-refractivity contribution in [3.63, 3.8) is 0 Å². The number of hydrogen-bond acceptors (Lipinski definition) is 4. The van der Waals surface area contributed by atoms with Crippen LogP contribution in [-0.4, -0.2) is 28.2 Å². The fourth-order valence-electron chi connectivity index (χ4n) is 1.62. The number of carboxylic acid groups (broad SMARTS) is 1. The molecule has 0 aliphatic heterocycles. The first-order chi connectivity index (χ1) is 9.08. The van der Waals surface area contributed by atoms with E-state index < -0.39 is 5.97 Å². The summed E-state index contributed by atoms with van der Waals surface area (Å²) >= 11 is 5.78. The van der Waals surface area contributed by atoms with Gasteiger partial charge in [0.25, 0.3) is 0 Å². The molecule has 0 atom stereocenters. The molecule has 5 nitrogen and oxygen atoms in total. The molecule has 1 aromatic heterocycles. The van der Waals surface area contributed by atoms with Gasteiger partial charge in [-0.1, -0.05) is 23.7 Å². The minimum absolute atomic E-state index is 0.113. The predicted molar refractivity (Wildman–Crippen MR) is 69.8 cm³/mol. The first-order valence-electron chi connectivity index (χ1n) is 5.48. The van der Waals surface area contributed by atoms with E-state index in [0.29, 0.717) is 12.2 Å². The molecule has 0 aliphatic carbocycles. The fraction of sp³-hybridized carbons (Fsp3) is 0.154. The van der Waals surface area contributed by atoms with Crippen LogP contribution in [0.25, 0.3) is 0 Å². The van der Waals surface area contributed by atoms with Crippen molar-refractivity contribution < 1.29 is 14.6 Å². The highest BCUT2D eigenvalue weighted by Crippen LogP contribution is 2.16. The van der Waals surface area contributed by atoms with Crippen molar-refractivity contribution in [2.24, 2.45) is 0 Å². The summed E-state index contributed by atoms with van der Waals surface area (Å²) in [5, 5.41) is 9.03. The molecule has 1 aromatic carbocycles. The zero-order chi connectivity index (χ0) is 13.8. The Bertz CT molecular complexity index is 617. The number of aromatic nitrogens is 2. The number of carbonyl (C=O) groups is 1. The van der Waals surface area contributed by atoms with E-state index >= 15 is 0 Å². The number of nitrogens with zero attached hydrogens (tertiary/aromatic N) is 2. The summed E-state index contributed by atoms with van der Waals surface area (Å²) in [4.78, 5) is 18.9. The molecule has 0 unspecified atom stereocenters. The lowest BCUT2D eigenvalue weighted by Crippen LogP contribution is -2.06. The van der Waals surface area contributed by atoms with Crippen LogP contribution in [0.15, 0.2) is 30.3 Å². The Kier molecular flexibility index (Phi) is 3.97. The van der Waals surface area contributed by atoms with Gasteiger partial charge in [0.05, 0.1) is 7.11 Å². The van der Waals surface area contributed by atoms with Gasteiger partial charge >= 0.3 is 5.97 Å². The van der Waals surface area contributed by atoms with Crippen molar-refractivity contribution in [3.8, 4) is 5.75 Å². The second-order valence-corrected chi connectivity index (χ2v) is 4.21. The summed E-state index contributed by atoms with van der Waals surface area (Å²) in [6.45, 7) is 0. The molecule has 1 N–H and O–H groups in total. The van der Waals surface area contributed by atoms with Gasteiger partial charge in [0.2, 0.25) is 0 Å². The molecule has 0 amide bonds. The van der Waals surface area contributed by atoms with Crippen molar-refractivity contribution in [2.45, 2.75) is 6.42 Å². The molecule has 6 heteroatoms. The number of methoxy groups -OCH3 is 1. The van der Waals surface area contributed by atoms with Crippen molar-refractivity contribution in [1.29, 1.82) is 0 Å². The lowest BCUT2D eigenvalue weighted by atomic mass is 10.1. The molecule has 1 heterocycles. The molecule has 0 saturated carbocycles. The lowest BCUT2D eigenvalue weighted by molar-refractivity contribution is 0.0690. The van der Waals surface area contributed by atoms with Crippen LogP contribution in [0.3, 0.4) is 0 Å². The third-order valence-electron chi connectivity index (χ3n) is 2.46. The molecule has 2 aromatic rings. The molecule has 2 rings (SSSR count). The van der Waals surface area contributed by atoms with Gasteiger partial charge in [-0.2, -0.15) is 0 Å². The topological polar surface area (TPSA) is 72.3 Å². The number of rotatable bonds is 4. The first kappa shape index (κ1) is 13.3. The van der Waals surface area contributed by atoms with Gasteiger partial charge in [-0.3, -0.25) is 0 Å². The quantitative estimate of drug-likeness (QED) is 0.870. The first-order valence-corrected chi connectivity index (χ1v) is 5.86. The molecular weight excluding hydrogens is 268 g/mol. The van der Waals surface area contributed by atoms with E-state index in [0.717, 1.165) is 11.3 Å². The molecule has 98 valence electrons. The smallest absolute Gasteiger partial charge is 0.354 e. The molecule has 0 bridgehead atoms. The molecule has 0 spiro atoms. The Morgan fingerprint density at radius 1 is 1.37 bits per heavy atom. The third-order valence-corrected chi connectivity index (χ3v) is 2.65. The van der Waals surface area contributed by atoms with E-state index in [1.54, 1.807) is 7.11 Å². The summed E-state index contributed by atoms with van der Waals surface area (Å²) in [6, 6.07) is 8.61. The monoisotopic (exact) mass is 278 g/mol. The van der Waals surface area contributed by atoms with Crippen LogP contribution in [0.4, 0.5) is 0 Å². The third kappa shape index (κ3) is 3.42. The Balaban J connectivity index is 2.29. The number of ether oxygens (including phenoxy) is 1. The summed E-state index contributed by atoms with van der Waals surface area (Å²) in [7, 11) is 1.58. The van der Waals surface area contributed by atoms with Crippen molar-refractivity contribution in [3.05, 3.63) is 52.6 Å². The van der Waals surface area contributed by atoms with Crippen molar-refractivity contribution >= 4 is 17.6 Å². The van der Waals surface area contributed by atoms with Crippen LogP contribution < -0.4 is 4.74 Å². The highest BCUT2D eigenvalue weighted by atomic mass is 35.5. The van der Waals surface area contributed by atoms with E-state index in [2.05, 4.69) is 9.97 Å². The molecule has 0 fully saturated rings. The maximum atomic E-state index is 10.9. The second kappa shape index (κ2) is 5.67. The number of halogens is 1. The van der Waals surface area contributed by atoms with Crippen molar-refractivity contribution in [1.82, 2.24) is 9.97 Å². The van der Waals surface area contributed by atoms with Gasteiger partial charge in [0, 0.05) is 12.5 Å². The van der Waals surface area contributed by atoms with Crippen LogP contribution in [0.2, 0.25) is 5.15 Å². The standard InChI is InChI=1S/C13H11ClN2O3/c1-19-9-4-2-3-8(5-9)6-12-15-10(13(17)18)7-11(14)16-12/h2-5,7H,6H2,1H3,(H,17,18). The van der Waals surface area contributed by atoms with Gasteiger partial charge in [0.1, 0.15) is 16.7 Å². The van der Waals surface area contributed by atoms with Crippen LogP contribution in [-0.2, 0) is 6.42 Å². The van der Waals surface area contributed by atoms with Crippen LogP contribution in [0, 0.1) is 0 Å². The molecule has 19 heavy (non-hydrogen) atoms. The van der Waals surface area contributed by atoms with E-state index in [9.17, 15) is 4.79 Å². The fourth-order valence-corrected chi connectivity index (χ4v) is 1.82. The van der Waals surface area contributed by atoms with Crippen LogP contribution in [0.5, 0.6) is 5.75 Å². The Hall–Kier alpha value is -2.14. The van der Waals surface area contributed by atoms with Crippen molar-refractivity contribution in [2.75, 3.05) is 7.11 Å². The molecule has 0 saturated heterocycles. The maximum absolute atomic E-state index is 10.9. The minimum atomic E-state index is -1.13. The summed E-state index contributed by atoms with van der Waals surface area (Å²) in [5.74, 6) is -0.0488. The van der Waals surface area contributed by atoms with E-state index in [-0.39, 0.29) is 10.8 Å². The van der Waals surface area contributed by atoms with Gasteiger partial charge in [-0.25, -0.2) is 14.8 Å². The van der Waals surface area contributed by atoms with Gasteiger partial charge in [-0.15, -0.1) is 0 Å². The number of carboxylic acids is 1. The zero-order valence-electron chi connectivity index (χ0n) is 10.1. The van der Waals surface area contributed by atoms with Gasteiger partial charge < -0.3 is 9.84 Å². The van der Waals surface area contributed by atoms with Gasteiger partial charge in [-0.05, 0) is 17.7 Å². The van der Waals surface area contributed by atoms with Crippen LogP contribution >= 0.6 is 11.6 Å². The lowest BCUT2D eigenvalue weighted by Gasteiger charge is -2.05. The molecule has 0 radical (unpaired) electrons. The Morgan fingerprint density at radius 2 is 2.16 bits per heavy atom. The number of hydrogen-bond donors (Lipinski definition) is 1. The maximum Gasteiger partial charge on any atom is 0.354 e. The van der Waals surface area contributed by atoms with Gasteiger partial charge in [0.15, 0.2) is 5.69 Å². The number of aromatic carboxylic acids is 1. The Morgan fingerprint density at radius 3 is 2.84 bits per heavy atom. The highest BCUT2D eigenvalue weighted by Gasteiger charge is 2.10. The van der Waals surface area contributed by atoms with Crippen LogP contribution in [0.1, 0.15) is 21.9 Å². The van der Waals surface area contributed by atoms with E-state index in [1.807, 2.05) is 24.3 Å². The summed E-state index contributed by atoms with van der Waals surface area (Å²) in [5.41, 5.74) is 0.802. The minimum Gasteiger partial charge on any atom is -0.497 e. The molecule has 0 aliphatic rings. The average molecular weight is 279 g/mol. The SMILES string of the molecule is COc1cccc(Cc2nc(Cl)cc(C(=O)O)n2)c1. The largest absolute Gasteiger partial charge is 0.497 e. The zero-order valence-corrected chi connectivity index (χ0v) is 10.9. The summed E-state index contributed by atoms with van der Waals surface area (Å²) < 4.78 is 5.12. The highest BCUT2D eigenvalue weighted by molar-refractivity contribution is 6.29. The number of benzene rings is 1. The van der Waals surface area contributed by atoms with E-state index in [4.69, 9.17) is 21.4 Å². The van der Waals surface area contributed by atoms with E-state index in [1.165, 1.54) is 6.07 Å². The summed E-state index contributed by atoms with van der Waals surface area (Å²) in [6.07, 6.45) is 0.387. The second-order valence-electron chi connectivity index (χ2n) is 3.83. The Labute approximate surface area is 114 Å².